The minimum atomic E-state index is -1.00. The van der Waals surface area contributed by atoms with Crippen molar-refractivity contribution in [3.63, 3.8) is 0 Å². The SMILES string of the molecule is Cc1ccc(OC(C)(C)c2ccccc2)c2c(C(=O)O)cc(-c3csc4ccccc34)nc12. The van der Waals surface area contributed by atoms with Crippen LogP contribution in [-0.2, 0) is 5.60 Å². The zero-order valence-corrected chi connectivity index (χ0v) is 19.4. The van der Waals surface area contributed by atoms with Crippen molar-refractivity contribution in [3.8, 4) is 17.0 Å². The second-order valence-corrected chi connectivity index (χ2v) is 9.50. The maximum atomic E-state index is 12.4. The number of aromatic nitrogens is 1. The fourth-order valence-corrected chi connectivity index (χ4v) is 5.14. The summed E-state index contributed by atoms with van der Waals surface area (Å²) >= 11 is 1.63. The molecule has 0 fully saturated rings. The van der Waals surface area contributed by atoms with Crippen LogP contribution in [0, 0.1) is 6.92 Å². The fraction of sp³-hybridized carbons (Fsp3) is 0.143. The Morgan fingerprint density at radius 2 is 1.73 bits per heavy atom. The molecule has 3 aromatic carbocycles. The van der Waals surface area contributed by atoms with Crippen LogP contribution in [-0.4, -0.2) is 16.1 Å². The van der Waals surface area contributed by atoms with Gasteiger partial charge in [-0.1, -0.05) is 54.6 Å². The summed E-state index contributed by atoms with van der Waals surface area (Å²) in [6, 6.07) is 23.5. The van der Waals surface area contributed by atoms with E-state index < -0.39 is 11.6 Å². The molecule has 0 bridgehead atoms. The average molecular weight is 454 g/mol. The highest BCUT2D eigenvalue weighted by molar-refractivity contribution is 7.17. The smallest absolute Gasteiger partial charge is 0.336 e. The lowest BCUT2D eigenvalue weighted by Crippen LogP contribution is -2.25. The molecule has 5 aromatic rings. The topological polar surface area (TPSA) is 59.4 Å². The first kappa shape index (κ1) is 21.2. The molecule has 33 heavy (non-hydrogen) atoms. The van der Waals surface area contributed by atoms with Crippen molar-refractivity contribution in [1.82, 2.24) is 4.98 Å². The number of aryl methyl sites for hydroxylation is 1. The van der Waals surface area contributed by atoms with Crippen molar-refractivity contribution in [1.29, 1.82) is 0 Å². The number of carboxylic acids is 1. The van der Waals surface area contributed by atoms with E-state index in [-0.39, 0.29) is 5.56 Å². The summed E-state index contributed by atoms with van der Waals surface area (Å²) in [5, 5.41) is 13.8. The average Bonchev–Trinajstić information content (AvgIpc) is 3.25. The Labute approximate surface area is 196 Å². The predicted molar refractivity (Wildman–Crippen MR) is 134 cm³/mol. The Morgan fingerprint density at radius 1 is 1.00 bits per heavy atom. The number of thiophene rings is 1. The van der Waals surface area contributed by atoms with Crippen LogP contribution >= 0.6 is 11.3 Å². The molecule has 0 unspecified atom stereocenters. The van der Waals surface area contributed by atoms with E-state index in [1.165, 1.54) is 0 Å². The molecule has 0 atom stereocenters. The largest absolute Gasteiger partial charge is 0.482 e. The Bertz CT molecular complexity index is 1500. The Balaban J connectivity index is 1.72. The quantitative estimate of drug-likeness (QED) is 0.300. The van der Waals surface area contributed by atoms with Crippen molar-refractivity contribution < 1.29 is 14.6 Å². The van der Waals surface area contributed by atoms with E-state index in [0.29, 0.717) is 22.3 Å². The van der Waals surface area contributed by atoms with Crippen LogP contribution in [0.15, 0.2) is 78.2 Å². The molecule has 0 aliphatic heterocycles. The molecule has 0 spiro atoms. The molecule has 0 amide bonds. The zero-order valence-electron chi connectivity index (χ0n) is 18.6. The minimum absolute atomic E-state index is 0.188. The van der Waals surface area contributed by atoms with Gasteiger partial charge in [0.25, 0.3) is 0 Å². The number of aromatic carboxylic acids is 1. The number of carbonyl (C=O) groups is 1. The van der Waals surface area contributed by atoms with Gasteiger partial charge in [0.1, 0.15) is 11.4 Å². The first-order chi connectivity index (χ1) is 15.8. The van der Waals surface area contributed by atoms with E-state index in [1.807, 2.05) is 86.8 Å². The molecule has 5 rings (SSSR count). The van der Waals surface area contributed by atoms with Crippen molar-refractivity contribution >= 4 is 38.3 Å². The number of pyridine rings is 1. The van der Waals surface area contributed by atoms with Crippen LogP contribution in [0.5, 0.6) is 5.75 Å². The number of rotatable bonds is 5. The molecule has 0 aliphatic carbocycles. The molecule has 4 nitrogen and oxygen atoms in total. The summed E-state index contributed by atoms with van der Waals surface area (Å²) in [5.41, 5.74) is 3.68. The summed E-state index contributed by atoms with van der Waals surface area (Å²) in [4.78, 5) is 17.4. The monoisotopic (exact) mass is 453 g/mol. The van der Waals surface area contributed by atoms with Crippen LogP contribution in [0.1, 0.15) is 35.3 Å². The van der Waals surface area contributed by atoms with Gasteiger partial charge in [-0.05, 0) is 50.1 Å². The highest BCUT2D eigenvalue weighted by Crippen LogP contribution is 2.39. The lowest BCUT2D eigenvalue weighted by atomic mass is 9.97. The molecule has 5 heteroatoms. The van der Waals surface area contributed by atoms with Gasteiger partial charge < -0.3 is 9.84 Å². The van der Waals surface area contributed by atoms with Gasteiger partial charge in [-0.3, -0.25) is 0 Å². The van der Waals surface area contributed by atoms with Crippen molar-refractivity contribution in [3.05, 3.63) is 94.9 Å². The second kappa shape index (κ2) is 8.01. The van der Waals surface area contributed by atoms with Gasteiger partial charge in [0.15, 0.2) is 0 Å². The summed E-state index contributed by atoms with van der Waals surface area (Å²) < 4.78 is 7.59. The Kier molecular flexibility index (Phi) is 5.14. The van der Waals surface area contributed by atoms with E-state index in [0.717, 1.165) is 26.8 Å². The predicted octanol–water partition coefficient (Wildman–Crippen LogP) is 7.44. The van der Waals surface area contributed by atoms with Crippen LogP contribution in [0.2, 0.25) is 0 Å². The first-order valence-corrected chi connectivity index (χ1v) is 11.6. The van der Waals surface area contributed by atoms with Gasteiger partial charge in [-0.25, -0.2) is 9.78 Å². The highest BCUT2D eigenvalue weighted by atomic mass is 32.1. The maximum Gasteiger partial charge on any atom is 0.336 e. The molecular weight excluding hydrogens is 430 g/mol. The van der Waals surface area contributed by atoms with E-state index in [1.54, 1.807) is 17.4 Å². The number of carboxylic acid groups (broad SMARTS) is 1. The third kappa shape index (κ3) is 3.74. The summed E-state index contributed by atoms with van der Waals surface area (Å²) in [6.45, 7) is 5.91. The summed E-state index contributed by atoms with van der Waals surface area (Å²) in [7, 11) is 0. The third-order valence-electron chi connectivity index (χ3n) is 5.95. The van der Waals surface area contributed by atoms with Gasteiger partial charge >= 0.3 is 5.97 Å². The van der Waals surface area contributed by atoms with Crippen LogP contribution in [0.25, 0.3) is 32.2 Å². The van der Waals surface area contributed by atoms with Gasteiger partial charge in [0.05, 0.1) is 22.2 Å². The van der Waals surface area contributed by atoms with Crippen molar-refractivity contribution in [2.75, 3.05) is 0 Å². The molecule has 2 aromatic heterocycles. The van der Waals surface area contributed by atoms with Gasteiger partial charge in [-0.15, -0.1) is 11.3 Å². The maximum absolute atomic E-state index is 12.4. The second-order valence-electron chi connectivity index (χ2n) is 8.59. The number of hydrogen-bond acceptors (Lipinski definition) is 4. The van der Waals surface area contributed by atoms with E-state index in [9.17, 15) is 9.90 Å². The number of fused-ring (bicyclic) bond motifs is 2. The van der Waals surface area contributed by atoms with Gasteiger partial charge in [-0.2, -0.15) is 0 Å². The fourth-order valence-electron chi connectivity index (χ4n) is 4.18. The van der Waals surface area contributed by atoms with Crippen LogP contribution < -0.4 is 4.74 Å². The van der Waals surface area contributed by atoms with E-state index in [4.69, 9.17) is 9.72 Å². The molecule has 2 heterocycles. The van der Waals surface area contributed by atoms with Gasteiger partial charge in [0.2, 0.25) is 0 Å². The highest BCUT2D eigenvalue weighted by Gasteiger charge is 2.26. The first-order valence-electron chi connectivity index (χ1n) is 10.7. The zero-order chi connectivity index (χ0) is 23.2. The molecule has 0 saturated carbocycles. The lowest BCUT2D eigenvalue weighted by molar-refractivity contribution is 0.0697. The Hall–Kier alpha value is -3.70. The van der Waals surface area contributed by atoms with Gasteiger partial charge in [0, 0.05) is 21.0 Å². The number of ether oxygens (including phenoxy) is 1. The molecular formula is C28H23NO3S. The summed E-state index contributed by atoms with van der Waals surface area (Å²) in [5.74, 6) is -0.493. The molecule has 0 radical (unpaired) electrons. The molecule has 0 aliphatic rings. The number of nitrogens with zero attached hydrogens (tertiary/aromatic N) is 1. The van der Waals surface area contributed by atoms with E-state index in [2.05, 4.69) is 6.07 Å². The van der Waals surface area contributed by atoms with Crippen LogP contribution in [0.4, 0.5) is 0 Å². The molecule has 1 N–H and O–H groups in total. The molecule has 164 valence electrons. The normalized spacial score (nSPS) is 11.7. The third-order valence-corrected chi connectivity index (χ3v) is 6.91. The summed E-state index contributed by atoms with van der Waals surface area (Å²) in [6.07, 6.45) is 0. The van der Waals surface area contributed by atoms with Crippen molar-refractivity contribution in [2.45, 2.75) is 26.4 Å². The molecule has 0 saturated heterocycles. The minimum Gasteiger partial charge on any atom is -0.482 e. The van der Waals surface area contributed by atoms with Crippen molar-refractivity contribution in [2.24, 2.45) is 0 Å². The number of hydrogen-bond donors (Lipinski definition) is 1. The van der Waals surface area contributed by atoms with E-state index >= 15 is 0 Å². The standard InChI is InChI=1S/C28H23NO3S/c1-17-13-14-23(32-28(2,3)18-9-5-4-6-10-18)25-20(27(30)31)15-22(29-26(17)25)21-16-33-24-12-8-7-11-19(21)24/h4-16H,1-3H3,(H,30,31). The Morgan fingerprint density at radius 3 is 2.48 bits per heavy atom. The number of benzene rings is 3. The van der Waals surface area contributed by atoms with Crippen LogP contribution in [0.3, 0.4) is 0 Å². The lowest BCUT2D eigenvalue weighted by Gasteiger charge is -2.28.